The number of carbonyl (C=O) groups excluding carboxylic acids is 1. The topological polar surface area (TPSA) is 96.3 Å². The molecule has 0 spiro atoms. The predicted octanol–water partition coefficient (Wildman–Crippen LogP) is 0.441. The molecule has 1 aliphatic carbocycles. The van der Waals surface area contributed by atoms with Gasteiger partial charge >= 0.3 is 0 Å². The molecule has 8 heteroatoms. The molecule has 0 aromatic heterocycles. The number of hydrogen-bond acceptors (Lipinski definition) is 5. The Morgan fingerprint density at radius 1 is 1.41 bits per heavy atom. The van der Waals surface area contributed by atoms with Crippen LogP contribution in [0.3, 0.4) is 0 Å². The van der Waals surface area contributed by atoms with Crippen LogP contribution >= 0.6 is 0 Å². The molecule has 2 fully saturated rings. The van der Waals surface area contributed by atoms with Crippen LogP contribution in [0.4, 0.5) is 4.39 Å². The van der Waals surface area contributed by atoms with Gasteiger partial charge in [-0.1, -0.05) is 18.2 Å². The number of hydrazine groups is 1. The SMILES string of the molecule is CC1NNC(C(=O)NC2(c3ccccc3F)CC2)C1[N+](=O)[O-]. The minimum absolute atomic E-state index is 0.378. The van der Waals surface area contributed by atoms with Gasteiger partial charge in [0.25, 0.3) is 6.04 Å². The largest absolute Gasteiger partial charge is 0.345 e. The van der Waals surface area contributed by atoms with Crippen LogP contribution in [-0.4, -0.2) is 29.0 Å². The van der Waals surface area contributed by atoms with E-state index in [1.165, 1.54) is 6.07 Å². The number of benzene rings is 1. The highest BCUT2D eigenvalue weighted by Gasteiger charge is 2.52. The Morgan fingerprint density at radius 2 is 2.09 bits per heavy atom. The van der Waals surface area contributed by atoms with Gasteiger partial charge in [-0.05, 0) is 25.8 Å². The standard InChI is InChI=1S/C14H17FN4O3/c1-8-12(19(21)22)11(18-17-8)13(20)16-14(6-7-14)9-4-2-3-5-10(9)15/h2-5,8,11-12,17-18H,6-7H2,1H3,(H,16,20). The molecule has 1 heterocycles. The summed E-state index contributed by atoms with van der Waals surface area (Å²) >= 11 is 0. The zero-order chi connectivity index (χ0) is 15.9. The molecule has 7 nitrogen and oxygen atoms in total. The van der Waals surface area contributed by atoms with Crippen molar-refractivity contribution >= 4 is 5.91 Å². The molecule has 1 aromatic carbocycles. The number of halogens is 1. The van der Waals surface area contributed by atoms with Crippen molar-refractivity contribution in [1.29, 1.82) is 0 Å². The van der Waals surface area contributed by atoms with E-state index in [4.69, 9.17) is 0 Å². The molecule has 118 valence electrons. The number of nitrogens with one attached hydrogen (secondary N) is 3. The van der Waals surface area contributed by atoms with E-state index < -0.39 is 34.5 Å². The summed E-state index contributed by atoms with van der Waals surface area (Å²) in [5.41, 5.74) is 5.06. The maximum absolute atomic E-state index is 13.9. The predicted molar refractivity (Wildman–Crippen MR) is 75.8 cm³/mol. The minimum Gasteiger partial charge on any atom is -0.345 e. The van der Waals surface area contributed by atoms with E-state index >= 15 is 0 Å². The van der Waals surface area contributed by atoms with Gasteiger partial charge in [0.1, 0.15) is 5.82 Å². The van der Waals surface area contributed by atoms with Crippen LogP contribution in [0.2, 0.25) is 0 Å². The van der Waals surface area contributed by atoms with Gasteiger partial charge in [-0.2, -0.15) is 0 Å². The smallest absolute Gasteiger partial charge is 0.254 e. The number of rotatable bonds is 4. The Labute approximate surface area is 126 Å². The molecule has 1 aliphatic heterocycles. The molecule has 1 amide bonds. The molecular formula is C14H17FN4O3. The lowest BCUT2D eigenvalue weighted by atomic mass is 10.0. The average Bonchev–Trinajstić information content (AvgIpc) is 3.12. The summed E-state index contributed by atoms with van der Waals surface area (Å²) in [7, 11) is 0. The summed E-state index contributed by atoms with van der Waals surface area (Å²) in [6.07, 6.45) is 1.25. The first kappa shape index (κ1) is 14.9. The lowest BCUT2D eigenvalue weighted by Gasteiger charge is -2.21. The van der Waals surface area contributed by atoms with Crippen LogP contribution in [-0.2, 0) is 10.3 Å². The molecule has 2 aliphatic rings. The first-order chi connectivity index (χ1) is 10.4. The fourth-order valence-electron chi connectivity index (χ4n) is 2.96. The molecule has 3 atom stereocenters. The van der Waals surface area contributed by atoms with Crippen LogP contribution < -0.4 is 16.2 Å². The fourth-order valence-corrected chi connectivity index (χ4v) is 2.96. The van der Waals surface area contributed by atoms with Crippen molar-refractivity contribution in [3.8, 4) is 0 Å². The lowest BCUT2D eigenvalue weighted by molar-refractivity contribution is -0.523. The summed E-state index contributed by atoms with van der Waals surface area (Å²) < 4.78 is 13.9. The van der Waals surface area contributed by atoms with Crippen molar-refractivity contribution in [2.45, 2.75) is 43.4 Å². The van der Waals surface area contributed by atoms with Crippen molar-refractivity contribution in [3.63, 3.8) is 0 Å². The van der Waals surface area contributed by atoms with Crippen LogP contribution in [0.15, 0.2) is 24.3 Å². The maximum atomic E-state index is 13.9. The first-order valence-electron chi connectivity index (χ1n) is 7.16. The summed E-state index contributed by atoms with van der Waals surface area (Å²) in [5.74, 6) is -0.865. The van der Waals surface area contributed by atoms with Gasteiger partial charge in [-0.25, -0.2) is 15.2 Å². The molecule has 1 aromatic rings. The summed E-state index contributed by atoms with van der Waals surface area (Å²) in [5, 5.41) is 13.9. The number of hydrogen-bond donors (Lipinski definition) is 3. The van der Waals surface area contributed by atoms with Crippen molar-refractivity contribution in [2.24, 2.45) is 0 Å². The molecular weight excluding hydrogens is 291 g/mol. The maximum Gasteiger partial charge on any atom is 0.254 e. The minimum atomic E-state index is -1.06. The average molecular weight is 308 g/mol. The van der Waals surface area contributed by atoms with E-state index in [1.54, 1.807) is 25.1 Å². The van der Waals surface area contributed by atoms with Crippen LogP contribution in [0.25, 0.3) is 0 Å². The molecule has 3 unspecified atom stereocenters. The van der Waals surface area contributed by atoms with Crippen molar-refractivity contribution in [3.05, 3.63) is 45.8 Å². The summed E-state index contributed by atoms with van der Waals surface area (Å²) in [6.45, 7) is 1.64. The van der Waals surface area contributed by atoms with Gasteiger partial charge < -0.3 is 5.32 Å². The summed E-state index contributed by atoms with van der Waals surface area (Å²) in [6, 6.07) is 3.78. The molecule has 0 bridgehead atoms. The van der Waals surface area contributed by atoms with Gasteiger partial charge in [0.2, 0.25) is 5.91 Å². The molecule has 22 heavy (non-hydrogen) atoms. The van der Waals surface area contributed by atoms with Crippen molar-refractivity contribution < 1.29 is 14.1 Å². The number of nitro groups is 1. The van der Waals surface area contributed by atoms with Crippen LogP contribution in [0.5, 0.6) is 0 Å². The van der Waals surface area contributed by atoms with Crippen LogP contribution in [0, 0.1) is 15.9 Å². The number of amides is 1. The van der Waals surface area contributed by atoms with Gasteiger partial charge in [0.15, 0.2) is 6.04 Å². The number of nitrogens with zero attached hydrogens (tertiary/aromatic N) is 1. The first-order valence-corrected chi connectivity index (χ1v) is 7.16. The van der Waals surface area contributed by atoms with Gasteiger partial charge in [0.05, 0.1) is 11.6 Å². The quantitative estimate of drug-likeness (QED) is 0.554. The molecule has 1 saturated carbocycles. The molecule has 1 saturated heterocycles. The third-order valence-corrected chi connectivity index (χ3v) is 4.35. The monoisotopic (exact) mass is 308 g/mol. The van der Waals surface area contributed by atoms with E-state index in [-0.39, 0.29) is 5.82 Å². The molecule has 3 rings (SSSR count). The zero-order valence-corrected chi connectivity index (χ0v) is 12.0. The van der Waals surface area contributed by atoms with Crippen molar-refractivity contribution in [1.82, 2.24) is 16.2 Å². The molecule has 0 radical (unpaired) electrons. The second kappa shape index (κ2) is 5.29. The highest BCUT2D eigenvalue weighted by atomic mass is 19.1. The number of carbonyl (C=O) groups is 1. The van der Waals surface area contributed by atoms with E-state index in [9.17, 15) is 19.3 Å². The normalized spacial score (nSPS) is 29.1. The Kier molecular flexibility index (Phi) is 3.57. The second-order valence-corrected chi connectivity index (χ2v) is 5.88. The Bertz CT molecular complexity index is 620. The Morgan fingerprint density at radius 3 is 2.68 bits per heavy atom. The van der Waals surface area contributed by atoms with E-state index in [0.29, 0.717) is 18.4 Å². The lowest BCUT2D eigenvalue weighted by Crippen LogP contribution is -2.52. The van der Waals surface area contributed by atoms with Crippen LogP contribution in [0.1, 0.15) is 25.3 Å². The Balaban J connectivity index is 1.77. The van der Waals surface area contributed by atoms with Gasteiger partial charge in [-0.15, -0.1) is 0 Å². The summed E-state index contributed by atoms with van der Waals surface area (Å²) in [4.78, 5) is 23.1. The highest BCUT2D eigenvalue weighted by molar-refractivity contribution is 5.84. The second-order valence-electron chi connectivity index (χ2n) is 5.88. The van der Waals surface area contributed by atoms with Gasteiger partial charge in [-0.3, -0.25) is 14.9 Å². The zero-order valence-electron chi connectivity index (χ0n) is 12.0. The fraction of sp³-hybridized carbons (Fsp3) is 0.500. The highest BCUT2D eigenvalue weighted by Crippen LogP contribution is 2.46. The third-order valence-electron chi connectivity index (χ3n) is 4.35. The van der Waals surface area contributed by atoms with Gasteiger partial charge in [0, 0.05) is 10.5 Å². The molecule has 3 N–H and O–H groups in total. The van der Waals surface area contributed by atoms with E-state index in [0.717, 1.165) is 0 Å². The van der Waals surface area contributed by atoms with Crippen molar-refractivity contribution in [2.75, 3.05) is 0 Å². The van der Waals surface area contributed by atoms with E-state index in [1.807, 2.05) is 0 Å². The third kappa shape index (κ3) is 2.44. The Hall–Kier alpha value is -2.06. The van der Waals surface area contributed by atoms with E-state index in [2.05, 4.69) is 16.2 Å².